The summed E-state index contributed by atoms with van der Waals surface area (Å²) < 4.78 is 38.7. The molecule has 124 valence electrons. The lowest BCUT2D eigenvalue weighted by Crippen LogP contribution is -2.42. The maximum atomic E-state index is 13.4. The van der Waals surface area contributed by atoms with Gasteiger partial charge in [-0.2, -0.15) is 0 Å². The number of fused-ring (bicyclic) bond motifs is 1. The third-order valence-corrected chi connectivity index (χ3v) is 6.14. The van der Waals surface area contributed by atoms with Gasteiger partial charge in [0, 0.05) is 18.8 Å². The van der Waals surface area contributed by atoms with Crippen LogP contribution in [0.25, 0.3) is 10.9 Å². The van der Waals surface area contributed by atoms with Gasteiger partial charge in [-0.1, -0.05) is 0 Å². The van der Waals surface area contributed by atoms with Gasteiger partial charge >= 0.3 is 0 Å². The quantitative estimate of drug-likeness (QED) is 0.839. The summed E-state index contributed by atoms with van der Waals surface area (Å²) in [5.74, 6) is -0.367. The van der Waals surface area contributed by atoms with E-state index in [9.17, 15) is 17.6 Å². The predicted octanol–water partition coefficient (Wildman–Crippen LogP) is 1.82. The average Bonchev–Trinajstić information content (AvgIpc) is 2.78. The van der Waals surface area contributed by atoms with Crippen LogP contribution in [0.15, 0.2) is 30.5 Å². The van der Waals surface area contributed by atoms with Crippen molar-refractivity contribution in [3.05, 3.63) is 36.3 Å². The molecule has 1 unspecified atom stereocenters. The van der Waals surface area contributed by atoms with Gasteiger partial charge in [0.2, 0.25) is 5.91 Å². The van der Waals surface area contributed by atoms with E-state index >= 15 is 0 Å². The smallest absolute Gasteiger partial charge is 0.242 e. The fourth-order valence-corrected chi connectivity index (χ4v) is 4.77. The van der Waals surface area contributed by atoms with E-state index in [-0.39, 0.29) is 35.8 Å². The van der Waals surface area contributed by atoms with Crippen molar-refractivity contribution in [1.29, 1.82) is 0 Å². The Morgan fingerprint density at radius 2 is 2.13 bits per heavy atom. The monoisotopic (exact) mass is 338 g/mol. The van der Waals surface area contributed by atoms with Crippen molar-refractivity contribution in [3.63, 3.8) is 0 Å². The van der Waals surface area contributed by atoms with Gasteiger partial charge < -0.3 is 9.47 Å². The summed E-state index contributed by atoms with van der Waals surface area (Å²) in [6, 6.07) is 5.95. The molecule has 1 fully saturated rings. The normalized spacial score (nSPS) is 21.3. The SMILES string of the molecule is CC1CS(=O)(=O)CCCN1C(=O)Cn1ccc2ccc(F)cc21. The van der Waals surface area contributed by atoms with Crippen LogP contribution < -0.4 is 0 Å². The molecule has 1 aliphatic heterocycles. The molecule has 0 bridgehead atoms. The number of hydrogen-bond donors (Lipinski definition) is 0. The number of carbonyl (C=O) groups is 1. The van der Waals surface area contributed by atoms with E-state index in [0.29, 0.717) is 18.5 Å². The number of benzene rings is 1. The fraction of sp³-hybridized carbons (Fsp3) is 0.438. The van der Waals surface area contributed by atoms with Gasteiger partial charge in [-0.25, -0.2) is 12.8 Å². The van der Waals surface area contributed by atoms with Gasteiger partial charge in [0.1, 0.15) is 12.4 Å². The Morgan fingerprint density at radius 1 is 1.35 bits per heavy atom. The number of sulfone groups is 1. The fourth-order valence-electron chi connectivity index (χ4n) is 3.12. The second-order valence-electron chi connectivity index (χ2n) is 6.05. The van der Waals surface area contributed by atoms with E-state index < -0.39 is 9.84 Å². The van der Waals surface area contributed by atoms with Crippen molar-refractivity contribution in [2.45, 2.75) is 25.9 Å². The first-order valence-electron chi connectivity index (χ1n) is 7.60. The second-order valence-corrected chi connectivity index (χ2v) is 8.28. The number of carbonyl (C=O) groups excluding carboxylic acids is 1. The van der Waals surface area contributed by atoms with E-state index in [1.165, 1.54) is 12.1 Å². The molecule has 23 heavy (non-hydrogen) atoms. The van der Waals surface area contributed by atoms with E-state index in [0.717, 1.165) is 5.39 Å². The standard InChI is InChI=1S/C16H19FN2O3S/c1-12-11-23(21,22)8-2-6-19(12)16(20)10-18-7-5-13-3-4-14(17)9-15(13)18/h3-5,7,9,12H,2,6,8,10-11H2,1H3. The van der Waals surface area contributed by atoms with Gasteiger partial charge in [-0.3, -0.25) is 4.79 Å². The third-order valence-electron chi connectivity index (χ3n) is 4.24. The molecular weight excluding hydrogens is 319 g/mol. The van der Waals surface area contributed by atoms with Crippen LogP contribution in [0.5, 0.6) is 0 Å². The minimum absolute atomic E-state index is 0.000204. The van der Waals surface area contributed by atoms with Gasteiger partial charge in [-0.15, -0.1) is 0 Å². The molecule has 1 aromatic carbocycles. The Bertz CT molecular complexity index is 844. The van der Waals surface area contributed by atoms with Crippen molar-refractivity contribution >= 4 is 26.6 Å². The molecular formula is C16H19FN2O3S. The van der Waals surface area contributed by atoms with Gasteiger partial charge in [0.15, 0.2) is 9.84 Å². The first-order chi connectivity index (χ1) is 10.9. The van der Waals surface area contributed by atoms with Crippen molar-refractivity contribution < 1.29 is 17.6 Å². The summed E-state index contributed by atoms with van der Waals surface area (Å²) in [7, 11) is -3.09. The Balaban J connectivity index is 1.81. The van der Waals surface area contributed by atoms with Crippen LogP contribution in [0.3, 0.4) is 0 Å². The van der Waals surface area contributed by atoms with Crippen LogP contribution in [-0.2, 0) is 21.2 Å². The lowest BCUT2D eigenvalue weighted by Gasteiger charge is -2.27. The number of aromatic nitrogens is 1. The molecule has 2 aromatic rings. The van der Waals surface area contributed by atoms with Crippen LogP contribution in [0, 0.1) is 5.82 Å². The number of nitrogens with zero attached hydrogens (tertiary/aromatic N) is 2. The molecule has 3 rings (SSSR count). The van der Waals surface area contributed by atoms with Crippen LogP contribution in [-0.4, -0.2) is 47.9 Å². The Hall–Kier alpha value is -1.89. The summed E-state index contributed by atoms with van der Waals surface area (Å²) in [5.41, 5.74) is 0.661. The number of rotatable bonds is 2. The Labute approximate surface area is 134 Å². The zero-order valence-electron chi connectivity index (χ0n) is 12.9. The molecule has 1 amide bonds. The zero-order chi connectivity index (χ0) is 16.6. The van der Waals surface area contributed by atoms with Crippen molar-refractivity contribution in [3.8, 4) is 0 Å². The van der Waals surface area contributed by atoms with Crippen molar-refractivity contribution in [2.24, 2.45) is 0 Å². The van der Waals surface area contributed by atoms with Crippen LogP contribution in [0.1, 0.15) is 13.3 Å². The Morgan fingerprint density at radius 3 is 2.91 bits per heavy atom. The first-order valence-corrected chi connectivity index (χ1v) is 9.42. The van der Waals surface area contributed by atoms with E-state index in [1.54, 1.807) is 28.7 Å². The highest BCUT2D eigenvalue weighted by molar-refractivity contribution is 7.91. The first kappa shape index (κ1) is 16.0. The summed E-state index contributed by atoms with van der Waals surface area (Å²) in [6.45, 7) is 2.28. The molecule has 1 aromatic heterocycles. The van der Waals surface area contributed by atoms with Gasteiger partial charge in [0.25, 0.3) is 0 Å². The molecule has 0 aliphatic carbocycles. The highest BCUT2D eigenvalue weighted by Crippen LogP contribution is 2.18. The molecule has 1 saturated heterocycles. The number of amides is 1. The molecule has 0 spiro atoms. The predicted molar refractivity (Wildman–Crippen MR) is 86.3 cm³/mol. The number of hydrogen-bond acceptors (Lipinski definition) is 3. The second kappa shape index (κ2) is 5.96. The molecule has 7 heteroatoms. The van der Waals surface area contributed by atoms with Gasteiger partial charge in [0.05, 0.1) is 17.0 Å². The highest BCUT2D eigenvalue weighted by atomic mass is 32.2. The van der Waals surface area contributed by atoms with Crippen LogP contribution in [0.4, 0.5) is 4.39 Å². The molecule has 0 saturated carbocycles. The van der Waals surface area contributed by atoms with Crippen LogP contribution in [0.2, 0.25) is 0 Å². The molecule has 1 atom stereocenters. The third kappa shape index (κ3) is 3.39. The van der Waals surface area contributed by atoms with E-state index in [4.69, 9.17) is 0 Å². The number of halogens is 1. The lowest BCUT2D eigenvalue weighted by molar-refractivity contribution is -0.133. The molecule has 0 radical (unpaired) electrons. The minimum Gasteiger partial charge on any atom is -0.338 e. The van der Waals surface area contributed by atoms with Gasteiger partial charge in [-0.05, 0) is 43.0 Å². The van der Waals surface area contributed by atoms with E-state index in [2.05, 4.69) is 0 Å². The molecule has 1 aliphatic rings. The summed E-state index contributed by atoms with van der Waals surface area (Å²) >= 11 is 0. The van der Waals surface area contributed by atoms with E-state index in [1.807, 2.05) is 6.07 Å². The maximum Gasteiger partial charge on any atom is 0.242 e. The molecule has 0 N–H and O–H groups in total. The molecule has 5 nitrogen and oxygen atoms in total. The topological polar surface area (TPSA) is 59.4 Å². The average molecular weight is 338 g/mol. The summed E-state index contributed by atoms with van der Waals surface area (Å²) in [6.07, 6.45) is 2.21. The lowest BCUT2D eigenvalue weighted by atomic mass is 10.2. The summed E-state index contributed by atoms with van der Waals surface area (Å²) in [4.78, 5) is 14.2. The maximum absolute atomic E-state index is 13.4. The van der Waals surface area contributed by atoms with Crippen molar-refractivity contribution in [2.75, 3.05) is 18.1 Å². The zero-order valence-corrected chi connectivity index (χ0v) is 13.7. The summed E-state index contributed by atoms with van der Waals surface area (Å²) in [5, 5.41) is 0.866. The molecule has 2 heterocycles. The minimum atomic E-state index is -3.09. The van der Waals surface area contributed by atoms with Crippen molar-refractivity contribution in [1.82, 2.24) is 9.47 Å². The largest absolute Gasteiger partial charge is 0.338 e. The Kier molecular flexibility index (Phi) is 4.14. The highest BCUT2D eigenvalue weighted by Gasteiger charge is 2.28. The van der Waals surface area contributed by atoms with Crippen LogP contribution >= 0.6 is 0 Å².